The van der Waals surface area contributed by atoms with Gasteiger partial charge in [0.05, 0.1) is 0 Å². The van der Waals surface area contributed by atoms with E-state index >= 15 is 0 Å². The first-order valence-electron chi connectivity index (χ1n) is 2.48. The van der Waals surface area contributed by atoms with E-state index in [1.807, 2.05) is 29.5 Å². The molecule has 0 aliphatic heterocycles. The Kier molecular flexibility index (Phi) is 2.00. The third-order valence-electron chi connectivity index (χ3n) is 0.933. The minimum absolute atomic E-state index is 0.240. The maximum absolute atomic E-state index is 12.5. The normalized spacial score (nSPS) is 9.67. The molecule has 1 aromatic rings. The Hall–Kier alpha value is -0.190. The molecule has 0 radical (unpaired) electrons. The van der Waals surface area contributed by atoms with Crippen LogP contribution in [0.2, 0.25) is 0 Å². The van der Waals surface area contributed by atoms with Crippen LogP contribution in [0.15, 0.2) is 12.3 Å². The van der Waals surface area contributed by atoms with Gasteiger partial charge < -0.3 is 0 Å². The fourth-order valence-corrected chi connectivity index (χ4v) is 0.812. The van der Waals surface area contributed by atoms with Crippen molar-refractivity contribution in [1.29, 1.82) is 0 Å². The van der Waals surface area contributed by atoms with Gasteiger partial charge in [0.15, 0.2) is 5.82 Å². The zero-order valence-electron chi connectivity index (χ0n) is 4.86. The van der Waals surface area contributed by atoms with Crippen molar-refractivity contribution in [1.82, 2.24) is 4.98 Å². The van der Waals surface area contributed by atoms with Crippen molar-refractivity contribution in [3.05, 3.63) is 27.3 Å². The highest BCUT2D eigenvalue weighted by molar-refractivity contribution is 14.1. The second kappa shape index (κ2) is 2.60. The first-order chi connectivity index (χ1) is 4.20. The quantitative estimate of drug-likeness (QED) is 0.497. The average molecular weight is 237 g/mol. The van der Waals surface area contributed by atoms with Crippen LogP contribution in [0.4, 0.5) is 4.39 Å². The van der Waals surface area contributed by atoms with Crippen LogP contribution >= 0.6 is 22.6 Å². The monoisotopic (exact) mass is 237 g/mol. The summed E-state index contributed by atoms with van der Waals surface area (Å²) in [6.07, 6.45) is 1.64. The number of halogens is 2. The summed E-state index contributed by atoms with van der Waals surface area (Å²) in [5.74, 6) is -0.240. The van der Waals surface area contributed by atoms with E-state index in [0.717, 1.165) is 5.56 Å². The Labute approximate surface area is 66.4 Å². The molecular formula is C6H5FIN. The van der Waals surface area contributed by atoms with E-state index in [1.54, 1.807) is 6.20 Å². The maximum Gasteiger partial charge on any atom is 0.155 e. The summed E-state index contributed by atoms with van der Waals surface area (Å²) in [6.45, 7) is 1.81. The zero-order valence-corrected chi connectivity index (χ0v) is 7.02. The van der Waals surface area contributed by atoms with Gasteiger partial charge in [-0.05, 0) is 41.1 Å². The second-order valence-electron chi connectivity index (χ2n) is 1.79. The van der Waals surface area contributed by atoms with Gasteiger partial charge in [-0.25, -0.2) is 9.37 Å². The number of aromatic nitrogens is 1. The Balaban J connectivity index is 3.17. The molecule has 0 unspecified atom stereocenters. The number of nitrogens with zero attached hydrogens (tertiary/aromatic N) is 1. The first kappa shape index (κ1) is 6.92. The van der Waals surface area contributed by atoms with Crippen molar-refractivity contribution in [2.45, 2.75) is 6.92 Å². The van der Waals surface area contributed by atoms with Crippen LogP contribution in [0, 0.1) is 16.4 Å². The SMILES string of the molecule is Cc1cnc(I)c(F)c1. The Morgan fingerprint density at radius 1 is 1.67 bits per heavy atom. The average Bonchev–Trinajstić information content (AvgIpc) is 1.80. The summed E-state index contributed by atoms with van der Waals surface area (Å²) < 4.78 is 12.9. The molecule has 1 nitrogen and oxygen atoms in total. The number of hydrogen-bond donors (Lipinski definition) is 0. The number of hydrogen-bond acceptors (Lipinski definition) is 1. The lowest BCUT2D eigenvalue weighted by Gasteiger charge is -1.92. The summed E-state index contributed by atoms with van der Waals surface area (Å²) in [4.78, 5) is 3.79. The van der Waals surface area contributed by atoms with Crippen LogP contribution in [-0.2, 0) is 0 Å². The van der Waals surface area contributed by atoms with Crippen molar-refractivity contribution in [2.24, 2.45) is 0 Å². The molecule has 1 heterocycles. The van der Waals surface area contributed by atoms with E-state index in [9.17, 15) is 4.39 Å². The van der Waals surface area contributed by atoms with Crippen molar-refractivity contribution in [2.75, 3.05) is 0 Å². The summed E-state index contributed by atoms with van der Waals surface area (Å²) in [5.41, 5.74) is 0.855. The zero-order chi connectivity index (χ0) is 6.85. The van der Waals surface area contributed by atoms with Gasteiger partial charge in [-0.15, -0.1) is 0 Å². The molecule has 3 heteroatoms. The van der Waals surface area contributed by atoms with Gasteiger partial charge in [0.1, 0.15) is 3.70 Å². The Morgan fingerprint density at radius 2 is 2.33 bits per heavy atom. The summed E-state index contributed by atoms with van der Waals surface area (Å²) >= 11 is 1.85. The molecule has 0 aliphatic carbocycles. The molecule has 0 fully saturated rings. The van der Waals surface area contributed by atoms with E-state index in [2.05, 4.69) is 4.98 Å². The second-order valence-corrected chi connectivity index (χ2v) is 2.81. The molecule has 9 heavy (non-hydrogen) atoms. The fourth-order valence-electron chi connectivity index (χ4n) is 0.517. The highest BCUT2D eigenvalue weighted by Crippen LogP contribution is 2.07. The van der Waals surface area contributed by atoms with Crippen molar-refractivity contribution in [3.63, 3.8) is 0 Å². The van der Waals surface area contributed by atoms with Crippen LogP contribution in [0.1, 0.15) is 5.56 Å². The largest absolute Gasteiger partial charge is 0.247 e. The number of rotatable bonds is 0. The van der Waals surface area contributed by atoms with Gasteiger partial charge in [0, 0.05) is 6.20 Å². The first-order valence-corrected chi connectivity index (χ1v) is 3.55. The third-order valence-corrected chi connectivity index (χ3v) is 1.73. The standard InChI is InChI=1S/C6H5FIN/c1-4-2-5(7)6(8)9-3-4/h2-3H,1H3. The van der Waals surface area contributed by atoms with Gasteiger partial charge >= 0.3 is 0 Å². The highest BCUT2D eigenvalue weighted by atomic mass is 127. The highest BCUT2D eigenvalue weighted by Gasteiger charge is 1.96. The van der Waals surface area contributed by atoms with E-state index in [1.165, 1.54) is 6.07 Å². The minimum atomic E-state index is -0.240. The summed E-state index contributed by atoms with van der Waals surface area (Å²) in [6, 6.07) is 1.47. The van der Waals surface area contributed by atoms with Gasteiger partial charge in [-0.3, -0.25) is 0 Å². The van der Waals surface area contributed by atoms with E-state index < -0.39 is 0 Å². The molecule has 1 aromatic heterocycles. The van der Waals surface area contributed by atoms with Gasteiger partial charge in [0.25, 0.3) is 0 Å². The smallest absolute Gasteiger partial charge is 0.155 e. The van der Waals surface area contributed by atoms with E-state index in [-0.39, 0.29) is 5.82 Å². The molecule has 0 aliphatic rings. The predicted molar refractivity (Wildman–Crippen MR) is 41.6 cm³/mol. The van der Waals surface area contributed by atoms with Crippen LogP contribution < -0.4 is 0 Å². The molecule has 0 atom stereocenters. The summed E-state index contributed by atoms with van der Waals surface area (Å²) in [7, 11) is 0. The molecule has 0 saturated heterocycles. The molecule has 1 rings (SSSR count). The van der Waals surface area contributed by atoms with Gasteiger partial charge in [0.2, 0.25) is 0 Å². The Bertz CT molecular complexity index is 224. The predicted octanol–water partition coefficient (Wildman–Crippen LogP) is 2.13. The van der Waals surface area contributed by atoms with Crippen molar-refractivity contribution >= 4 is 22.6 Å². The van der Waals surface area contributed by atoms with Crippen LogP contribution in [0.25, 0.3) is 0 Å². The minimum Gasteiger partial charge on any atom is -0.247 e. The van der Waals surface area contributed by atoms with Crippen LogP contribution in [0.3, 0.4) is 0 Å². The lowest BCUT2D eigenvalue weighted by atomic mass is 10.3. The molecule has 48 valence electrons. The van der Waals surface area contributed by atoms with Gasteiger partial charge in [-0.1, -0.05) is 0 Å². The Morgan fingerprint density at radius 3 is 2.78 bits per heavy atom. The molecule has 0 spiro atoms. The maximum atomic E-state index is 12.5. The topological polar surface area (TPSA) is 12.9 Å². The van der Waals surface area contributed by atoms with Gasteiger partial charge in [-0.2, -0.15) is 0 Å². The fraction of sp³-hybridized carbons (Fsp3) is 0.167. The van der Waals surface area contributed by atoms with E-state index in [4.69, 9.17) is 0 Å². The molecule has 0 bridgehead atoms. The summed E-state index contributed by atoms with van der Waals surface area (Å²) in [5, 5.41) is 0. The van der Waals surface area contributed by atoms with Crippen molar-refractivity contribution < 1.29 is 4.39 Å². The number of pyridine rings is 1. The lowest BCUT2D eigenvalue weighted by Crippen LogP contribution is -1.86. The molecule has 0 N–H and O–H groups in total. The molecule has 0 amide bonds. The van der Waals surface area contributed by atoms with Crippen LogP contribution in [-0.4, -0.2) is 4.98 Å². The number of aryl methyl sites for hydroxylation is 1. The molecule has 0 aromatic carbocycles. The third kappa shape index (κ3) is 1.61. The van der Waals surface area contributed by atoms with Crippen LogP contribution in [0.5, 0.6) is 0 Å². The van der Waals surface area contributed by atoms with Crippen molar-refractivity contribution in [3.8, 4) is 0 Å². The molecule has 0 saturated carbocycles. The van der Waals surface area contributed by atoms with E-state index in [0.29, 0.717) is 3.70 Å². The lowest BCUT2D eigenvalue weighted by molar-refractivity contribution is 0.610. The molecular weight excluding hydrogens is 232 g/mol.